The second kappa shape index (κ2) is 8.96. The van der Waals surface area contributed by atoms with Gasteiger partial charge in [-0.3, -0.25) is 4.79 Å². The molecule has 0 unspecified atom stereocenters. The molecule has 1 aliphatic rings. The van der Waals surface area contributed by atoms with Gasteiger partial charge in [-0.15, -0.1) is 0 Å². The minimum atomic E-state index is -4.93. The SMILES string of the molecule is COc1c(N2C[C@@](OC)(C(F)(F)F)C[C@@H]2C(=O)Nc2ccnc(S(N)(=O)=O)c2)ccc(F)c1F. The van der Waals surface area contributed by atoms with Gasteiger partial charge in [-0.2, -0.15) is 17.6 Å². The number of benzene rings is 1. The largest absolute Gasteiger partial charge is 0.491 e. The number of halogens is 5. The molecule has 3 N–H and O–H groups in total. The predicted octanol–water partition coefficient (Wildman–Crippen LogP) is 2.18. The van der Waals surface area contributed by atoms with Crippen LogP contribution in [0.5, 0.6) is 5.75 Å². The number of rotatable bonds is 6. The number of alkyl halides is 3. The Bertz CT molecular complexity index is 1210. The first kappa shape index (κ1) is 25.6. The second-order valence-corrected chi connectivity index (χ2v) is 8.88. The van der Waals surface area contributed by atoms with Crippen molar-refractivity contribution in [1.29, 1.82) is 0 Å². The number of carbonyl (C=O) groups is 1. The number of nitrogens with two attached hydrogens (primary N) is 1. The third kappa shape index (κ3) is 4.63. The Labute approximate surface area is 190 Å². The van der Waals surface area contributed by atoms with Crippen molar-refractivity contribution in [2.24, 2.45) is 5.14 Å². The summed E-state index contributed by atoms with van der Waals surface area (Å²) < 4.78 is 102. The number of hydrogen-bond donors (Lipinski definition) is 2. The van der Waals surface area contributed by atoms with Crippen molar-refractivity contribution in [3.63, 3.8) is 0 Å². The van der Waals surface area contributed by atoms with E-state index < -0.39 is 69.1 Å². The first-order chi connectivity index (χ1) is 15.7. The standard InChI is InChI=1S/C19H19F5N4O5S/c1-32-16-12(4-3-11(20)15(16)21)28-9-18(33-2,19(22,23)24)8-13(28)17(29)27-10-5-6-26-14(7-10)34(25,30)31/h3-7,13H,8-9H2,1-2H3,(H2,25,30,31)(H,26,27,29)/t13-,18-/m1/s1. The fraction of sp³-hybridized carbons (Fsp3) is 0.368. The summed E-state index contributed by atoms with van der Waals surface area (Å²) in [6.45, 7) is -0.939. The zero-order valence-corrected chi connectivity index (χ0v) is 18.5. The molecule has 0 aliphatic carbocycles. The minimum absolute atomic E-state index is 0.122. The maximum absolute atomic E-state index is 14.3. The van der Waals surface area contributed by atoms with Crippen LogP contribution in [0.15, 0.2) is 35.5 Å². The van der Waals surface area contributed by atoms with E-state index >= 15 is 0 Å². The van der Waals surface area contributed by atoms with Crippen molar-refractivity contribution in [3.05, 3.63) is 42.1 Å². The number of methoxy groups -OCH3 is 2. The number of sulfonamides is 1. The van der Waals surface area contributed by atoms with Crippen LogP contribution >= 0.6 is 0 Å². The Morgan fingerprint density at radius 3 is 2.50 bits per heavy atom. The zero-order valence-electron chi connectivity index (χ0n) is 17.7. The predicted molar refractivity (Wildman–Crippen MR) is 109 cm³/mol. The third-order valence-electron chi connectivity index (χ3n) is 5.37. The first-order valence-electron chi connectivity index (χ1n) is 9.44. The van der Waals surface area contributed by atoms with Crippen molar-refractivity contribution < 1.29 is 44.6 Å². The molecule has 0 radical (unpaired) electrons. The van der Waals surface area contributed by atoms with Crippen LogP contribution in [0.3, 0.4) is 0 Å². The molecule has 1 amide bonds. The fourth-order valence-corrected chi connectivity index (χ4v) is 4.14. The molecule has 3 rings (SSSR count). The van der Waals surface area contributed by atoms with Crippen LogP contribution < -0.4 is 20.1 Å². The van der Waals surface area contributed by atoms with Crippen LogP contribution in [-0.2, 0) is 19.6 Å². The number of ether oxygens (including phenoxy) is 2. The van der Waals surface area contributed by atoms with E-state index in [4.69, 9.17) is 14.6 Å². The minimum Gasteiger partial charge on any atom is -0.491 e. The normalized spacial score (nSPS) is 20.9. The van der Waals surface area contributed by atoms with Crippen LogP contribution in [0.1, 0.15) is 6.42 Å². The van der Waals surface area contributed by atoms with E-state index in [2.05, 4.69) is 10.3 Å². The average molecular weight is 510 g/mol. The summed E-state index contributed by atoms with van der Waals surface area (Å²) in [5, 5.41) is 6.72. The second-order valence-electron chi connectivity index (χ2n) is 7.37. The molecule has 34 heavy (non-hydrogen) atoms. The average Bonchev–Trinajstić information content (AvgIpc) is 3.16. The summed E-state index contributed by atoms with van der Waals surface area (Å²) in [5.41, 5.74) is -3.26. The van der Waals surface area contributed by atoms with Crippen LogP contribution in [0.2, 0.25) is 0 Å². The van der Waals surface area contributed by atoms with E-state index in [1.807, 2.05) is 0 Å². The van der Waals surface area contributed by atoms with Crippen molar-refractivity contribution in [2.45, 2.75) is 29.3 Å². The molecule has 1 saturated heterocycles. The maximum atomic E-state index is 14.3. The van der Waals surface area contributed by atoms with Gasteiger partial charge in [0, 0.05) is 31.5 Å². The van der Waals surface area contributed by atoms with Crippen LogP contribution in [0.25, 0.3) is 0 Å². The number of nitrogens with one attached hydrogen (secondary N) is 1. The number of amides is 1. The summed E-state index contributed by atoms with van der Waals surface area (Å²) in [6.07, 6.45) is -4.82. The van der Waals surface area contributed by atoms with E-state index in [0.717, 1.165) is 37.4 Å². The van der Waals surface area contributed by atoms with E-state index in [9.17, 15) is 35.2 Å². The number of nitrogens with zero attached hydrogens (tertiary/aromatic N) is 2. The summed E-state index contributed by atoms with van der Waals surface area (Å²) in [6, 6.07) is 2.16. The smallest absolute Gasteiger partial charge is 0.419 e. The van der Waals surface area contributed by atoms with Gasteiger partial charge in [0.25, 0.3) is 10.0 Å². The Hall–Kier alpha value is -3.04. The Morgan fingerprint density at radius 2 is 1.94 bits per heavy atom. The van der Waals surface area contributed by atoms with Crippen molar-refractivity contribution in [2.75, 3.05) is 31.0 Å². The van der Waals surface area contributed by atoms with Gasteiger partial charge in [0.15, 0.2) is 22.2 Å². The number of anilines is 2. The zero-order chi connectivity index (χ0) is 25.5. The topological polar surface area (TPSA) is 124 Å². The van der Waals surface area contributed by atoms with Gasteiger partial charge >= 0.3 is 6.18 Å². The van der Waals surface area contributed by atoms with Crippen LogP contribution in [0, 0.1) is 11.6 Å². The molecule has 186 valence electrons. The molecule has 15 heteroatoms. The van der Waals surface area contributed by atoms with Gasteiger partial charge in [0.1, 0.15) is 6.04 Å². The number of pyridine rings is 1. The summed E-state index contributed by atoms with van der Waals surface area (Å²) in [7, 11) is -2.42. The van der Waals surface area contributed by atoms with Crippen LogP contribution in [0.4, 0.5) is 33.3 Å². The highest BCUT2D eigenvalue weighted by molar-refractivity contribution is 7.89. The molecule has 9 nitrogen and oxygen atoms in total. The molecule has 2 aromatic rings. The van der Waals surface area contributed by atoms with Gasteiger partial charge in [-0.25, -0.2) is 22.9 Å². The van der Waals surface area contributed by atoms with Gasteiger partial charge in [0.05, 0.1) is 19.3 Å². The lowest BCUT2D eigenvalue weighted by molar-refractivity contribution is -0.261. The molecule has 0 bridgehead atoms. The number of primary sulfonamides is 1. The quantitative estimate of drug-likeness (QED) is 0.571. The van der Waals surface area contributed by atoms with Crippen molar-refractivity contribution in [3.8, 4) is 5.75 Å². The maximum Gasteiger partial charge on any atom is 0.419 e. The molecule has 1 aromatic carbocycles. The summed E-state index contributed by atoms with van der Waals surface area (Å²) >= 11 is 0. The molecule has 2 heterocycles. The highest BCUT2D eigenvalue weighted by Gasteiger charge is 2.63. The number of hydrogen-bond acceptors (Lipinski definition) is 7. The lowest BCUT2D eigenvalue weighted by atomic mass is 9.99. The number of aromatic nitrogens is 1. The molecular formula is C19H19F5N4O5S. The fourth-order valence-electron chi connectivity index (χ4n) is 3.64. The highest BCUT2D eigenvalue weighted by Crippen LogP contribution is 2.47. The Morgan fingerprint density at radius 1 is 1.26 bits per heavy atom. The van der Waals surface area contributed by atoms with Gasteiger partial charge < -0.3 is 19.7 Å². The molecule has 0 spiro atoms. The van der Waals surface area contributed by atoms with Crippen LogP contribution in [-0.4, -0.2) is 57.9 Å². The molecular weight excluding hydrogens is 491 g/mol. The lowest BCUT2D eigenvalue weighted by Crippen LogP contribution is -2.49. The molecule has 0 saturated carbocycles. The molecule has 2 atom stereocenters. The van der Waals surface area contributed by atoms with Gasteiger partial charge in [0.2, 0.25) is 11.7 Å². The monoisotopic (exact) mass is 510 g/mol. The number of carbonyl (C=O) groups excluding carboxylic acids is 1. The molecule has 1 aromatic heterocycles. The molecule has 1 aliphatic heterocycles. The third-order valence-corrected chi connectivity index (χ3v) is 6.18. The van der Waals surface area contributed by atoms with Crippen molar-refractivity contribution >= 4 is 27.3 Å². The Balaban J connectivity index is 2.06. The van der Waals surface area contributed by atoms with E-state index in [1.165, 1.54) is 6.07 Å². The Kier molecular flexibility index (Phi) is 6.74. The van der Waals surface area contributed by atoms with E-state index in [0.29, 0.717) is 6.07 Å². The van der Waals surface area contributed by atoms with Gasteiger partial charge in [-0.1, -0.05) is 0 Å². The first-order valence-corrected chi connectivity index (χ1v) is 11.0. The summed E-state index contributed by atoms with van der Waals surface area (Å²) in [5.74, 6) is -4.47. The van der Waals surface area contributed by atoms with E-state index in [1.54, 1.807) is 0 Å². The van der Waals surface area contributed by atoms with Crippen molar-refractivity contribution in [1.82, 2.24) is 4.98 Å². The van der Waals surface area contributed by atoms with E-state index in [-0.39, 0.29) is 11.4 Å². The van der Waals surface area contributed by atoms with Gasteiger partial charge in [-0.05, 0) is 18.2 Å². The summed E-state index contributed by atoms with van der Waals surface area (Å²) in [4.78, 5) is 17.5. The lowest BCUT2D eigenvalue weighted by Gasteiger charge is -2.31. The highest BCUT2D eigenvalue weighted by atomic mass is 32.2. The molecule has 1 fully saturated rings.